The number of amides is 4. The maximum absolute atomic E-state index is 13.3. The first kappa shape index (κ1) is 26.7. The van der Waals surface area contributed by atoms with Crippen molar-refractivity contribution >= 4 is 68.7 Å². The summed E-state index contributed by atoms with van der Waals surface area (Å²) in [7, 11) is 0. The zero-order valence-corrected chi connectivity index (χ0v) is 22.9. The van der Waals surface area contributed by atoms with E-state index in [-0.39, 0.29) is 22.9 Å². The molecule has 1 N–H and O–H groups in total. The molecule has 10 heteroatoms. The van der Waals surface area contributed by atoms with Crippen molar-refractivity contribution in [3.05, 3.63) is 91.4 Å². The first-order valence-corrected chi connectivity index (χ1v) is 12.7. The molecule has 0 saturated carbocycles. The molecule has 0 aliphatic carbocycles. The van der Waals surface area contributed by atoms with Gasteiger partial charge in [0.15, 0.2) is 11.5 Å². The van der Waals surface area contributed by atoms with Crippen molar-refractivity contribution in [3.8, 4) is 11.5 Å². The molecule has 0 bridgehead atoms. The summed E-state index contributed by atoms with van der Waals surface area (Å²) in [4.78, 5) is 39.4. The Morgan fingerprint density at radius 3 is 2.43 bits per heavy atom. The van der Waals surface area contributed by atoms with Crippen LogP contribution < -0.4 is 19.7 Å². The lowest BCUT2D eigenvalue weighted by molar-refractivity contribution is -0.122. The number of carbonyl (C=O) groups is 3. The number of imide groups is 2. The summed E-state index contributed by atoms with van der Waals surface area (Å²) in [5, 5.41) is 2.78. The maximum Gasteiger partial charge on any atom is 0.335 e. The van der Waals surface area contributed by atoms with Crippen LogP contribution >= 0.6 is 39.1 Å². The topological polar surface area (TPSA) is 84.9 Å². The van der Waals surface area contributed by atoms with Crippen LogP contribution in [0.25, 0.3) is 6.08 Å². The molecule has 4 rings (SSSR count). The van der Waals surface area contributed by atoms with E-state index in [9.17, 15) is 14.4 Å². The van der Waals surface area contributed by atoms with E-state index in [2.05, 4.69) is 21.2 Å². The summed E-state index contributed by atoms with van der Waals surface area (Å²) in [6.07, 6.45) is 1.35. The summed E-state index contributed by atoms with van der Waals surface area (Å²) in [5.41, 5.74) is 2.01. The van der Waals surface area contributed by atoms with E-state index in [0.29, 0.717) is 34.3 Å². The lowest BCUT2D eigenvalue weighted by Gasteiger charge is -2.27. The second-order valence-corrected chi connectivity index (χ2v) is 9.83. The molecule has 1 saturated heterocycles. The van der Waals surface area contributed by atoms with Gasteiger partial charge in [0.25, 0.3) is 11.8 Å². The minimum Gasteiger partial charge on any atom is -0.490 e. The Kier molecular flexibility index (Phi) is 8.22. The monoisotopic (exact) mass is 602 g/mol. The lowest BCUT2D eigenvalue weighted by Crippen LogP contribution is -2.54. The van der Waals surface area contributed by atoms with Gasteiger partial charge in [-0.15, -0.1) is 0 Å². The number of nitrogens with zero attached hydrogens (tertiary/aromatic N) is 1. The summed E-state index contributed by atoms with van der Waals surface area (Å²) in [6.45, 7) is 4.13. The van der Waals surface area contributed by atoms with Crippen LogP contribution in [0.4, 0.5) is 10.5 Å². The summed E-state index contributed by atoms with van der Waals surface area (Å²) in [6, 6.07) is 14.8. The Bertz CT molecular complexity index is 1420. The van der Waals surface area contributed by atoms with Crippen LogP contribution in [0, 0.1) is 6.92 Å². The van der Waals surface area contributed by atoms with Gasteiger partial charge >= 0.3 is 6.03 Å². The first-order chi connectivity index (χ1) is 17.7. The zero-order valence-electron chi connectivity index (χ0n) is 19.8. The highest BCUT2D eigenvalue weighted by Gasteiger charge is 2.37. The van der Waals surface area contributed by atoms with E-state index < -0.39 is 17.8 Å². The second-order valence-electron chi connectivity index (χ2n) is 8.07. The van der Waals surface area contributed by atoms with Crippen molar-refractivity contribution in [2.24, 2.45) is 0 Å². The van der Waals surface area contributed by atoms with Crippen molar-refractivity contribution in [2.45, 2.75) is 20.5 Å². The average Bonchev–Trinajstić information content (AvgIpc) is 2.84. The van der Waals surface area contributed by atoms with Gasteiger partial charge in [0, 0.05) is 9.50 Å². The number of halogens is 3. The molecule has 0 aromatic heterocycles. The highest BCUT2D eigenvalue weighted by atomic mass is 79.9. The Labute approximate surface area is 232 Å². The fourth-order valence-electron chi connectivity index (χ4n) is 3.68. The smallest absolute Gasteiger partial charge is 0.335 e. The number of barbiturate groups is 1. The molecule has 1 heterocycles. The van der Waals surface area contributed by atoms with E-state index in [1.807, 2.05) is 31.2 Å². The predicted octanol–water partition coefficient (Wildman–Crippen LogP) is 6.71. The Balaban J connectivity index is 1.67. The predicted molar refractivity (Wildman–Crippen MR) is 146 cm³/mol. The molecule has 0 unspecified atom stereocenters. The second kappa shape index (κ2) is 11.4. The normalized spacial score (nSPS) is 14.7. The molecular weight excluding hydrogens is 583 g/mol. The quantitative estimate of drug-likeness (QED) is 0.240. The van der Waals surface area contributed by atoms with Crippen LogP contribution in [0.3, 0.4) is 0 Å². The minimum atomic E-state index is -0.859. The van der Waals surface area contributed by atoms with Gasteiger partial charge in [-0.2, -0.15) is 0 Å². The van der Waals surface area contributed by atoms with E-state index in [0.717, 1.165) is 14.9 Å². The van der Waals surface area contributed by atoms with Crippen LogP contribution in [-0.4, -0.2) is 24.5 Å². The average molecular weight is 604 g/mol. The number of nitrogens with one attached hydrogen (secondary N) is 1. The summed E-state index contributed by atoms with van der Waals surface area (Å²) < 4.78 is 12.6. The minimum absolute atomic E-state index is 0.234. The van der Waals surface area contributed by atoms with Gasteiger partial charge in [-0.3, -0.25) is 14.9 Å². The van der Waals surface area contributed by atoms with Crippen molar-refractivity contribution in [1.29, 1.82) is 0 Å². The molecule has 7 nitrogen and oxygen atoms in total. The highest BCUT2D eigenvalue weighted by molar-refractivity contribution is 9.10. The lowest BCUT2D eigenvalue weighted by atomic mass is 10.1. The van der Waals surface area contributed by atoms with Crippen LogP contribution in [-0.2, 0) is 16.2 Å². The van der Waals surface area contributed by atoms with Gasteiger partial charge < -0.3 is 9.47 Å². The SMILES string of the molecule is CCOc1cc(/C=C2\C(=O)NC(=O)N(c3cc(Cl)ccc3C)C2=O)cc(Cl)c1OCc1ccc(Br)cc1. The van der Waals surface area contributed by atoms with Crippen LogP contribution in [0.1, 0.15) is 23.6 Å². The standard InChI is InChI=1S/C27H21BrCl2N2O5/c1-3-36-23-12-17(11-21(30)24(23)37-14-16-5-7-18(28)8-6-16)10-20-25(33)31-27(35)32(26(20)34)22-13-19(29)9-4-15(22)2/h4-13H,3,14H2,1-2H3,(H,31,33,35)/b20-10+. The number of hydrogen-bond donors (Lipinski definition) is 1. The molecule has 0 radical (unpaired) electrons. The molecule has 190 valence electrons. The largest absolute Gasteiger partial charge is 0.490 e. The molecule has 1 aliphatic rings. The summed E-state index contributed by atoms with van der Waals surface area (Å²) in [5.74, 6) is -0.931. The number of rotatable bonds is 7. The van der Waals surface area contributed by atoms with Crippen LogP contribution in [0.5, 0.6) is 11.5 Å². The van der Waals surface area contributed by atoms with Crippen molar-refractivity contribution < 1.29 is 23.9 Å². The van der Waals surface area contributed by atoms with Crippen LogP contribution in [0.15, 0.2) is 64.6 Å². The van der Waals surface area contributed by atoms with Gasteiger partial charge in [0.2, 0.25) is 0 Å². The van der Waals surface area contributed by atoms with Crippen molar-refractivity contribution in [1.82, 2.24) is 5.32 Å². The van der Waals surface area contributed by atoms with Crippen LogP contribution in [0.2, 0.25) is 10.0 Å². The molecule has 3 aromatic rings. The molecule has 3 aromatic carbocycles. The third-order valence-corrected chi connectivity index (χ3v) is 6.50. The van der Waals surface area contributed by atoms with Gasteiger partial charge in [-0.25, -0.2) is 9.69 Å². The van der Waals surface area contributed by atoms with Gasteiger partial charge in [0.05, 0.1) is 17.3 Å². The van der Waals surface area contributed by atoms with Gasteiger partial charge in [-0.1, -0.05) is 57.3 Å². The number of hydrogen-bond acceptors (Lipinski definition) is 5. The molecule has 0 atom stereocenters. The van der Waals surface area contributed by atoms with Gasteiger partial charge in [-0.05, 0) is 73.0 Å². The molecule has 1 aliphatic heterocycles. The zero-order chi connectivity index (χ0) is 26.7. The van der Waals surface area contributed by atoms with Crippen molar-refractivity contribution in [2.75, 3.05) is 11.5 Å². The molecule has 37 heavy (non-hydrogen) atoms. The number of benzene rings is 3. The van der Waals surface area contributed by atoms with E-state index in [1.165, 1.54) is 12.1 Å². The summed E-state index contributed by atoms with van der Waals surface area (Å²) >= 11 is 16.0. The number of carbonyl (C=O) groups excluding carboxylic acids is 3. The van der Waals surface area contributed by atoms with Gasteiger partial charge in [0.1, 0.15) is 12.2 Å². The first-order valence-electron chi connectivity index (χ1n) is 11.2. The van der Waals surface area contributed by atoms with Crippen molar-refractivity contribution in [3.63, 3.8) is 0 Å². The molecule has 0 spiro atoms. The number of aryl methyl sites for hydroxylation is 1. The Morgan fingerprint density at radius 1 is 1.00 bits per heavy atom. The third kappa shape index (κ3) is 5.98. The highest BCUT2D eigenvalue weighted by Crippen LogP contribution is 2.38. The maximum atomic E-state index is 13.3. The number of anilines is 1. The van der Waals surface area contributed by atoms with E-state index in [1.54, 1.807) is 31.2 Å². The Hall–Kier alpha value is -3.33. The Morgan fingerprint density at radius 2 is 1.73 bits per heavy atom. The molecular formula is C27H21BrCl2N2O5. The molecule has 4 amide bonds. The third-order valence-electron chi connectivity index (χ3n) is 5.45. The fraction of sp³-hybridized carbons (Fsp3) is 0.148. The molecule has 1 fully saturated rings. The number of ether oxygens (including phenoxy) is 2. The fourth-order valence-corrected chi connectivity index (χ4v) is 4.38. The van der Waals surface area contributed by atoms with E-state index in [4.69, 9.17) is 32.7 Å². The van der Waals surface area contributed by atoms with E-state index >= 15 is 0 Å². The number of urea groups is 1.